The highest BCUT2D eigenvalue weighted by atomic mass is 35.5. The molecular weight excluding hydrogens is 390 g/mol. The first-order chi connectivity index (χ1) is 10.9. The summed E-state index contributed by atoms with van der Waals surface area (Å²) in [6.45, 7) is 1.38. The van der Waals surface area contributed by atoms with Gasteiger partial charge in [0.2, 0.25) is 0 Å². The maximum Gasteiger partial charge on any atom is 0.416 e. The molecule has 0 aliphatic carbocycles. The highest BCUT2D eigenvalue weighted by molar-refractivity contribution is 7.80. The molecule has 0 saturated heterocycles. The van der Waals surface area contributed by atoms with Crippen molar-refractivity contribution in [2.45, 2.75) is 24.6 Å². The molecule has 1 aromatic carbocycles. The van der Waals surface area contributed by atoms with Gasteiger partial charge in [0.05, 0.1) is 27.3 Å². The molecule has 0 aliphatic rings. The summed E-state index contributed by atoms with van der Waals surface area (Å²) in [6.07, 6.45) is -5.74. The van der Waals surface area contributed by atoms with Gasteiger partial charge in [-0.05, 0) is 19.1 Å². The van der Waals surface area contributed by atoms with Gasteiger partial charge in [0.1, 0.15) is 22.6 Å². The van der Waals surface area contributed by atoms with Crippen LogP contribution in [0.4, 0.5) is 19.0 Å². The smallest absolute Gasteiger partial charge is 0.387 e. The summed E-state index contributed by atoms with van der Waals surface area (Å²) < 4.78 is 39.4. The van der Waals surface area contributed by atoms with E-state index in [0.29, 0.717) is 12.1 Å². The number of nitrogen functional groups attached to an aromatic ring is 1. The molecule has 2 rings (SSSR count). The molecule has 0 amide bonds. The topological polar surface area (TPSA) is 84.3 Å². The van der Waals surface area contributed by atoms with Gasteiger partial charge in [0.25, 0.3) is 0 Å². The molecule has 0 spiro atoms. The van der Waals surface area contributed by atoms with E-state index >= 15 is 0 Å². The van der Waals surface area contributed by atoms with E-state index in [9.17, 15) is 23.4 Å². The van der Waals surface area contributed by atoms with Crippen molar-refractivity contribution in [1.82, 2.24) is 9.78 Å². The molecule has 2 unspecified atom stereocenters. The number of nitrogens with two attached hydrogens (primary N) is 1. The fraction of sp³-hybridized carbons (Fsp3) is 0.308. The number of aliphatic hydroxyl groups is 2. The molecule has 4 N–H and O–H groups in total. The van der Waals surface area contributed by atoms with Crippen LogP contribution in [0.25, 0.3) is 5.69 Å². The lowest BCUT2D eigenvalue weighted by Gasteiger charge is -2.13. The van der Waals surface area contributed by atoms with Gasteiger partial charge in [0.15, 0.2) is 0 Å². The van der Waals surface area contributed by atoms with Gasteiger partial charge in [0, 0.05) is 0 Å². The number of halogens is 5. The molecular formula is C13H12Cl2F3N3O2S. The zero-order chi connectivity index (χ0) is 18.4. The normalized spacial score (nSPS) is 14.7. The van der Waals surface area contributed by atoms with E-state index in [0.717, 1.165) is 4.68 Å². The Balaban J connectivity index is 2.72. The van der Waals surface area contributed by atoms with Crippen molar-refractivity contribution in [3.05, 3.63) is 39.0 Å². The number of rotatable bonds is 3. The largest absolute Gasteiger partial charge is 0.416 e. The van der Waals surface area contributed by atoms with Crippen LogP contribution in [0.1, 0.15) is 35.3 Å². The minimum absolute atomic E-state index is 0.00188. The van der Waals surface area contributed by atoms with Crippen LogP contribution < -0.4 is 5.73 Å². The molecule has 132 valence electrons. The van der Waals surface area contributed by atoms with Gasteiger partial charge in [-0.3, -0.25) is 0 Å². The van der Waals surface area contributed by atoms with Gasteiger partial charge < -0.3 is 15.9 Å². The van der Waals surface area contributed by atoms with E-state index in [1.165, 1.54) is 6.92 Å². The van der Waals surface area contributed by atoms with E-state index in [1.54, 1.807) is 0 Å². The minimum atomic E-state index is -4.63. The van der Waals surface area contributed by atoms with Crippen molar-refractivity contribution in [3.63, 3.8) is 0 Å². The third-order valence-corrected chi connectivity index (χ3v) is 4.03. The number of thiol groups is 1. The maximum absolute atomic E-state index is 12.8. The molecule has 11 heteroatoms. The zero-order valence-corrected chi connectivity index (χ0v) is 14.4. The van der Waals surface area contributed by atoms with Gasteiger partial charge in [-0.15, -0.1) is 12.6 Å². The van der Waals surface area contributed by atoms with Gasteiger partial charge in [-0.1, -0.05) is 23.2 Å². The Hall–Kier alpha value is -1.13. The van der Waals surface area contributed by atoms with Crippen LogP contribution >= 0.6 is 35.8 Å². The predicted octanol–water partition coefficient (Wildman–Crippen LogP) is 3.75. The number of alkyl halides is 3. The Bertz CT molecular complexity index is 756. The van der Waals surface area contributed by atoms with Crippen LogP contribution in [0.15, 0.2) is 12.1 Å². The second-order valence-electron chi connectivity index (χ2n) is 4.93. The van der Waals surface area contributed by atoms with Gasteiger partial charge in [-0.2, -0.15) is 18.3 Å². The molecule has 0 aliphatic heterocycles. The third kappa shape index (κ3) is 3.45. The summed E-state index contributed by atoms with van der Waals surface area (Å²) in [5.41, 5.74) is 3.39. The Morgan fingerprint density at radius 3 is 2.08 bits per heavy atom. The average Bonchev–Trinajstić information content (AvgIpc) is 2.75. The lowest BCUT2D eigenvalue weighted by atomic mass is 10.1. The van der Waals surface area contributed by atoms with Crippen LogP contribution in [-0.4, -0.2) is 20.0 Å². The second-order valence-corrected chi connectivity index (χ2v) is 6.24. The Labute approximate surface area is 150 Å². The van der Waals surface area contributed by atoms with Crippen molar-refractivity contribution in [1.29, 1.82) is 0 Å². The number of aromatic nitrogens is 2. The molecule has 0 bridgehead atoms. The first-order valence-electron chi connectivity index (χ1n) is 6.44. The van der Waals surface area contributed by atoms with Gasteiger partial charge in [-0.25, -0.2) is 4.68 Å². The summed E-state index contributed by atoms with van der Waals surface area (Å²) in [7, 11) is 0. The summed E-state index contributed by atoms with van der Waals surface area (Å²) in [5.74, 6) is -0.156. The monoisotopic (exact) mass is 401 g/mol. The van der Waals surface area contributed by atoms with Crippen molar-refractivity contribution >= 4 is 41.6 Å². The first kappa shape index (κ1) is 19.2. The minimum Gasteiger partial charge on any atom is -0.387 e. The van der Waals surface area contributed by atoms with E-state index in [2.05, 4.69) is 17.7 Å². The third-order valence-electron chi connectivity index (χ3n) is 3.20. The summed E-state index contributed by atoms with van der Waals surface area (Å²) >= 11 is 15.7. The molecule has 1 heterocycles. The van der Waals surface area contributed by atoms with Gasteiger partial charge >= 0.3 is 6.18 Å². The van der Waals surface area contributed by atoms with Crippen LogP contribution in [0.2, 0.25) is 10.0 Å². The Morgan fingerprint density at radius 1 is 1.25 bits per heavy atom. The van der Waals surface area contributed by atoms with E-state index in [4.69, 9.17) is 28.9 Å². The SMILES string of the molecule is CC(O)c1nn(-c2c(Cl)cc(C(F)(F)F)cc2Cl)c(N)c1C(O)S. The molecule has 0 fully saturated rings. The fourth-order valence-electron chi connectivity index (χ4n) is 2.14. The number of nitrogens with zero attached hydrogens (tertiary/aromatic N) is 2. The number of hydrogen-bond acceptors (Lipinski definition) is 5. The fourth-order valence-corrected chi connectivity index (χ4v) is 3.05. The average molecular weight is 402 g/mol. The standard InChI is InChI=1S/C13H12Cl2F3N3O2S/c1-4(22)9-8(12(23)24)11(19)21(20-9)10-6(14)2-5(3-7(10)15)13(16,17)18/h2-4,12,22-24H,19H2,1H3. The first-order valence-corrected chi connectivity index (χ1v) is 7.71. The van der Waals surface area contributed by atoms with Crippen molar-refractivity contribution in [3.8, 4) is 5.69 Å². The molecule has 24 heavy (non-hydrogen) atoms. The molecule has 2 aromatic rings. The number of aliphatic hydroxyl groups excluding tert-OH is 2. The Kier molecular flexibility index (Phi) is 5.31. The lowest BCUT2D eigenvalue weighted by Crippen LogP contribution is -2.09. The zero-order valence-electron chi connectivity index (χ0n) is 12.0. The summed E-state index contributed by atoms with van der Waals surface area (Å²) in [5, 5.41) is 22.7. The maximum atomic E-state index is 12.8. The quantitative estimate of drug-likeness (QED) is 0.466. The summed E-state index contributed by atoms with van der Waals surface area (Å²) in [6, 6.07) is 1.37. The summed E-state index contributed by atoms with van der Waals surface area (Å²) in [4.78, 5) is 0. The molecule has 5 nitrogen and oxygen atoms in total. The van der Waals surface area contributed by atoms with Crippen LogP contribution in [0, 0.1) is 0 Å². The van der Waals surface area contributed by atoms with Crippen molar-refractivity contribution < 1.29 is 23.4 Å². The lowest BCUT2D eigenvalue weighted by molar-refractivity contribution is -0.137. The Morgan fingerprint density at radius 2 is 1.75 bits per heavy atom. The molecule has 0 radical (unpaired) electrons. The predicted molar refractivity (Wildman–Crippen MR) is 87.6 cm³/mol. The van der Waals surface area contributed by atoms with E-state index in [-0.39, 0.29) is 32.8 Å². The molecule has 2 atom stereocenters. The number of hydrogen-bond donors (Lipinski definition) is 4. The number of benzene rings is 1. The van der Waals surface area contributed by atoms with Crippen LogP contribution in [0.3, 0.4) is 0 Å². The highest BCUT2D eigenvalue weighted by Crippen LogP contribution is 2.40. The van der Waals surface area contributed by atoms with Crippen molar-refractivity contribution in [2.75, 3.05) is 5.73 Å². The number of anilines is 1. The second kappa shape index (κ2) is 6.64. The van der Waals surface area contributed by atoms with Crippen molar-refractivity contribution in [2.24, 2.45) is 0 Å². The highest BCUT2D eigenvalue weighted by Gasteiger charge is 2.33. The van der Waals surface area contributed by atoms with E-state index < -0.39 is 23.3 Å². The molecule has 1 aromatic heterocycles. The van der Waals surface area contributed by atoms with Crippen LogP contribution in [0.5, 0.6) is 0 Å². The van der Waals surface area contributed by atoms with Crippen LogP contribution in [-0.2, 0) is 6.18 Å². The molecule has 0 saturated carbocycles. The van der Waals surface area contributed by atoms with E-state index in [1.807, 2.05) is 0 Å².